The fourth-order valence-electron chi connectivity index (χ4n) is 2.38. The molecule has 6 heteroatoms. The van der Waals surface area contributed by atoms with E-state index < -0.39 is 22.0 Å². The first-order chi connectivity index (χ1) is 8.84. The fourth-order valence-corrected chi connectivity index (χ4v) is 2.92. The molecule has 1 aliphatic carbocycles. The summed E-state index contributed by atoms with van der Waals surface area (Å²) in [6.45, 7) is 0. The number of esters is 1. The molecule has 0 fully saturated rings. The molecule has 1 aromatic carbocycles. The van der Waals surface area contributed by atoms with Gasteiger partial charge >= 0.3 is 10.8 Å². The minimum atomic E-state index is -3.66. The van der Waals surface area contributed by atoms with Gasteiger partial charge in [0.1, 0.15) is 0 Å². The molecule has 0 aliphatic heterocycles. The maximum Gasteiger partial charge on any atom is 0.327 e. The molecule has 0 N–H and O–H groups in total. The van der Waals surface area contributed by atoms with Crippen molar-refractivity contribution in [3.05, 3.63) is 35.4 Å². The first-order valence-corrected chi connectivity index (χ1v) is 6.42. The summed E-state index contributed by atoms with van der Waals surface area (Å²) in [5, 5.41) is 0. The number of fused-ring (bicyclic) bond motifs is 1. The van der Waals surface area contributed by atoms with Gasteiger partial charge in [-0.2, -0.15) is 8.78 Å². The Morgan fingerprint density at radius 2 is 2.05 bits per heavy atom. The van der Waals surface area contributed by atoms with Crippen LogP contribution in [0.1, 0.15) is 22.3 Å². The van der Waals surface area contributed by atoms with Crippen molar-refractivity contribution in [1.82, 2.24) is 0 Å². The van der Waals surface area contributed by atoms with Crippen LogP contribution in [0.3, 0.4) is 0 Å². The Labute approximate surface area is 117 Å². The Bertz CT molecular complexity index is 539. The van der Waals surface area contributed by atoms with Gasteiger partial charge in [0.05, 0.1) is 7.11 Å². The predicted molar refractivity (Wildman–Crippen MR) is 67.4 cm³/mol. The molecule has 1 aliphatic rings. The van der Waals surface area contributed by atoms with E-state index >= 15 is 0 Å². The molecular formula is C13H11BrF2O3. The molecule has 1 unspecified atom stereocenters. The van der Waals surface area contributed by atoms with Crippen molar-refractivity contribution >= 4 is 27.7 Å². The molecule has 0 amide bonds. The number of carbonyl (C=O) groups is 2. The molecule has 19 heavy (non-hydrogen) atoms. The summed E-state index contributed by atoms with van der Waals surface area (Å²) >= 11 is 2.18. The summed E-state index contributed by atoms with van der Waals surface area (Å²) in [4.78, 5) is 20.5. The lowest BCUT2D eigenvalue weighted by atomic mass is 9.70. The number of ketones is 1. The van der Waals surface area contributed by atoms with Crippen LogP contribution in [-0.4, -0.2) is 23.7 Å². The molecule has 0 spiro atoms. The normalized spacial score (nSPS) is 22.8. The predicted octanol–water partition coefficient (Wildman–Crippen LogP) is 2.96. The molecule has 0 radical (unpaired) electrons. The Kier molecular flexibility index (Phi) is 3.47. The molecule has 0 saturated heterocycles. The van der Waals surface area contributed by atoms with Gasteiger partial charge in [0.15, 0.2) is 5.78 Å². The molecule has 0 saturated carbocycles. The SMILES string of the molecule is COC(=O)C1(C(F)(F)Br)CCc2ccccc2C1=O. The first kappa shape index (κ1) is 14.1. The molecule has 2 rings (SSSR count). The number of halogens is 3. The molecule has 1 atom stereocenters. The number of hydrogen-bond donors (Lipinski definition) is 0. The van der Waals surface area contributed by atoms with Crippen LogP contribution in [0.15, 0.2) is 24.3 Å². The Morgan fingerprint density at radius 3 is 2.63 bits per heavy atom. The maximum atomic E-state index is 13.8. The van der Waals surface area contributed by atoms with Crippen molar-refractivity contribution < 1.29 is 23.1 Å². The highest BCUT2D eigenvalue weighted by molar-refractivity contribution is 9.10. The van der Waals surface area contributed by atoms with E-state index in [1.165, 1.54) is 6.07 Å². The number of ether oxygens (including phenoxy) is 1. The average Bonchev–Trinajstić information content (AvgIpc) is 2.37. The number of rotatable bonds is 2. The fraction of sp³-hybridized carbons (Fsp3) is 0.385. The molecule has 0 aromatic heterocycles. The summed E-state index contributed by atoms with van der Waals surface area (Å²) in [7, 11) is 0.997. The van der Waals surface area contributed by atoms with Gasteiger partial charge in [-0.15, -0.1) is 0 Å². The second kappa shape index (κ2) is 4.67. The lowest BCUT2D eigenvalue weighted by molar-refractivity contribution is -0.161. The number of alkyl halides is 3. The summed E-state index contributed by atoms with van der Waals surface area (Å²) in [5.74, 6) is -2.11. The van der Waals surface area contributed by atoms with Crippen molar-refractivity contribution in [2.24, 2.45) is 5.41 Å². The molecule has 0 bridgehead atoms. The van der Waals surface area contributed by atoms with Crippen LogP contribution >= 0.6 is 15.9 Å². The monoisotopic (exact) mass is 332 g/mol. The number of benzene rings is 1. The Morgan fingerprint density at radius 1 is 1.42 bits per heavy atom. The lowest BCUT2D eigenvalue weighted by Crippen LogP contribution is -2.53. The summed E-state index contributed by atoms with van der Waals surface area (Å²) in [6.07, 6.45) is -0.0635. The van der Waals surface area contributed by atoms with E-state index in [0.29, 0.717) is 5.56 Å². The zero-order valence-electron chi connectivity index (χ0n) is 10.1. The van der Waals surface area contributed by atoms with Crippen molar-refractivity contribution in [1.29, 1.82) is 0 Å². The Hall–Kier alpha value is -1.30. The van der Waals surface area contributed by atoms with Crippen LogP contribution in [0, 0.1) is 5.41 Å². The van der Waals surface area contributed by atoms with Crippen LogP contribution in [0.25, 0.3) is 0 Å². The number of hydrogen-bond acceptors (Lipinski definition) is 3. The van der Waals surface area contributed by atoms with Crippen molar-refractivity contribution in [2.75, 3.05) is 7.11 Å². The third-order valence-corrected chi connectivity index (χ3v) is 4.11. The van der Waals surface area contributed by atoms with E-state index in [0.717, 1.165) is 7.11 Å². The quantitative estimate of drug-likeness (QED) is 0.475. The van der Waals surface area contributed by atoms with Crippen molar-refractivity contribution in [3.63, 3.8) is 0 Å². The van der Waals surface area contributed by atoms with E-state index in [9.17, 15) is 18.4 Å². The van der Waals surface area contributed by atoms with Crippen molar-refractivity contribution in [2.45, 2.75) is 17.7 Å². The molecule has 3 nitrogen and oxygen atoms in total. The maximum absolute atomic E-state index is 13.8. The molecule has 0 heterocycles. The van der Waals surface area contributed by atoms with Gasteiger partial charge in [0.2, 0.25) is 5.41 Å². The molecule has 102 valence electrons. The van der Waals surface area contributed by atoms with Gasteiger partial charge in [-0.1, -0.05) is 24.3 Å². The highest BCUT2D eigenvalue weighted by Gasteiger charge is 2.65. The van der Waals surface area contributed by atoms with Gasteiger partial charge in [-0.05, 0) is 34.3 Å². The van der Waals surface area contributed by atoms with Gasteiger partial charge in [0, 0.05) is 5.56 Å². The van der Waals surface area contributed by atoms with Gasteiger partial charge in [-0.25, -0.2) is 0 Å². The van der Waals surface area contributed by atoms with Crippen molar-refractivity contribution in [3.8, 4) is 0 Å². The van der Waals surface area contributed by atoms with Gasteiger partial charge in [-0.3, -0.25) is 9.59 Å². The average molecular weight is 333 g/mol. The standard InChI is InChI=1S/C13H11BrF2O3/c1-19-11(18)12(13(14,15)16)7-6-8-4-2-3-5-9(8)10(12)17/h2-5H,6-7H2,1H3. The van der Waals surface area contributed by atoms with E-state index in [1.807, 2.05) is 0 Å². The number of carbonyl (C=O) groups excluding carboxylic acids is 2. The zero-order valence-corrected chi connectivity index (χ0v) is 11.7. The summed E-state index contributed by atoms with van der Waals surface area (Å²) in [6, 6.07) is 6.45. The largest absolute Gasteiger partial charge is 0.468 e. The van der Waals surface area contributed by atoms with Gasteiger partial charge in [0.25, 0.3) is 0 Å². The van der Waals surface area contributed by atoms with E-state index in [4.69, 9.17) is 0 Å². The number of Topliss-reactive ketones (excluding diaryl/α,β-unsaturated/α-hetero) is 1. The minimum Gasteiger partial charge on any atom is -0.468 e. The Balaban J connectivity index is 2.61. The topological polar surface area (TPSA) is 43.4 Å². The van der Waals surface area contributed by atoms with Crippen LogP contribution in [0.2, 0.25) is 0 Å². The van der Waals surface area contributed by atoms with Crippen LogP contribution in [0.4, 0.5) is 8.78 Å². The first-order valence-electron chi connectivity index (χ1n) is 5.62. The highest BCUT2D eigenvalue weighted by Crippen LogP contribution is 2.50. The minimum absolute atomic E-state index is 0.151. The zero-order chi connectivity index (χ0) is 14.3. The van der Waals surface area contributed by atoms with Crippen LogP contribution in [0.5, 0.6) is 0 Å². The number of methoxy groups -OCH3 is 1. The third kappa shape index (κ3) is 1.98. The van der Waals surface area contributed by atoms with Crippen LogP contribution < -0.4 is 0 Å². The third-order valence-electron chi connectivity index (χ3n) is 3.44. The second-order valence-electron chi connectivity index (χ2n) is 4.38. The molecular weight excluding hydrogens is 322 g/mol. The molecule has 1 aromatic rings. The summed E-state index contributed by atoms with van der Waals surface area (Å²) < 4.78 is 32.1. The lowest BCUT2D eigenvalue weighted by Gasteiger charge is -2.36. The van der Waals surface area contributed by atoms with Crippen LogP contribution in [-0.2, 0) is 16.0 Å². The number of aryl methyl sites for hydroxylation is 1. The smallest absolute Gasteiger partial charge is 0.327 e. The van der Waals surface area contributed by atoms with E-state index in [-0.39, 0.29) is 18.4 Å². The highest BCUT2D eigenvalue weighted by atomic mass is 79.9. The van der Waals surface area contributed by atoms with E-state index in [2.05, 4.69) is 20.7 Å². The second-order valence-corrected chi connectivity index (χ2v) is 5.38. The summed E-state index contributed by atoms with van der Waals surface area (Å²) in [5.41, 5.74) is -1.67. The van der Waals surface area contributed by atoms with Gasteiger partial charge < -0.3 is 4.74 Å². The van der Waals surface area contributed by atoms with E-state index in [1.54, 1.807) is 18.2 Å².